The molecule has 3 aromatic rings. The van der Waals surface area contributed by atoms with E-state index in [1.54, 1.807) is 4.57 Å². The highest BCUT2D eigenvalue weighted by atomic mass is 16.3. The van der Waals surface area contributed by atoms with Gasteiger partial charge in [-0.15, -0.1) is 0 Å². The van der Waals surface area contributed by atoms with Gasteiger partial charge in [0.05, 0.1) is 12.1 Å². The summed E-state index contributed by atoms with van der Waals surface area (Å²) in [6.45, 7) is 2.29. The average molecular weight is 456 g/mol. The van der Waals surface area contributed by atoms with Crippen molar-refractivity contribution in [2.45, 2.75) is 25.6 Å². The van der Waals surface area contributed by atoms with E-state index < -0.39 is 6.04 Å². The second-order valence-electron chi connectivity index (χ2n) is 9.13. The molecule has 6 nitrogen and oxygen atoms in total. The maximum atomic E-state index is 13.4. The van der Waals surface area contributed by atoms with Crippen LogP contribution in [0.25, 0.3) is 17.2 Å². The van der Waals surface area contributed by atoms with Crippen molar-refractivity contribution in [1.82, 2.24) is 9.47 Å². The highest BCUT2D eigenvalue weighted by Crippen LogP contribution is 2.48. The molecule has 0 bridgehead atoms. The molecule has 3 heterocycles. The molecule has 2 aliphatic rings. The number of likely N-dealkylation sites (N-methyl/N-ethyl adjacent to an activating group) is 1. The number of pyridine rings is 1. The second kappa shape index (κ2) is 9.05. The van der Waals surface area contributed by atoms with Gasteiger partial charge >= 0.3 is 0 Å². The summed E-state index contributed by atoms with van der Waals surface area (Å²) in [4.78, 5) is 28.3. The summed E-state index contributed by atoms with van der Waals surface area (Å²) in [6.07, 6.45) is 3.67. The number of aromatic nitrogens is 1. The van der Waals surface area contributed by atoms with Crippen LogP contribution in [-0.2, 0) is 11.3 Å². The number of fused-ring (bicyclic) bond motifs is 3. The lowest BCUT2D eigenvalue weighted by molar-refractivity contribution is -0.122. The predicted molar refractivity (Wildman–Crippen MR) is 134 cm³/mol. The number of carbonyl (C=O) groups is 1. The number of anilines is 1. The maximum Gasteiger partial charge on any atom is 0.258 e. The monoisotopic (exact) mass is 455 g/mol. The van der Waals surface area contributed by atoms with Crippen LogP contribution in [0.3, 0.4) is 0 Å². The lowest BCUT2D eigenvalue weighted by atomic mass is 9.88. The third kappa shape index (κ3) is 3.69. The van der Waals surface area contributed by atoms with Crippen molar-refractivity contribution in [2.75, 3.05) is 19.0 Å². The molecule has 1 saturated heterocycles. The molecule has 4 atom stereocenters. The van der Waals surface area contributed by atoms with Crippen LogP contribution in [0.15, 0.2) is 77.6 Å². The Bertz CT molecular complexity index is 1280. The number of aliphatic hydroxyl groups is 1. The number of hydrogen-bond acceptors (Lipinski definition) is 4. The summed E-state index contributed by atoms with van der Waals surface area (Å²) in [7, 11) is 1.91. The molecule has 2 aromatic carbocycles. The summed E-state index contributed by atoms with van der Waals surface area (Å²) < 4.78 is 1.81. The van der Waals surface area contributed by atoms with Crippen molar-refractivity contribution >= 4 is 17.7 Å². The SMILES string of the molecule is C/C=C\c1ccc2n(c1=O)C[C@@H]1[C@@H](CO)[C@H](C(=O)Nc3ccc(-c4ccccc4)cc3)N(C)[C@H]21. The minimum absolute atomic E-state index is 0.000220. The number of benzene rings is 2. The van der Waals surface area contributed by atoms with Gasteiger partial charge in [-0.2, -0.15) is 0 Å². The number of nitrogens with one attached hydrogen (secondary N) is 1. The van der Waals surface area contributed by atoms with E-state index >= 15 is 0 Å². The quantitative estimate of drug-likeness (QED) is 0.614. The van der Waals surface area contributed by atoms with Gasteiger partial charge in [-0.1, -0.05) is 54.6 Å². The molecular formula is C28H29N3O3. The Morgan fingerprint density at radius 3 is 2.44 bits per heavy atom. The standard InChI is InChI=1S/C28H29N3O3/c1-3-7-20-12-15-24-25-22(16-31(24)28(20)34)23(17-32)26(30(25)2)27(33)29-21-13-10-19(11-14-21)18-8-5-4-6-9-18/h3-15,22-23,25-26,32H,16-17H2,1-2H3,(H,29,33)/b7-3-/t22-,23-,25+,26-/m1/s1. The average Bonchev–Trinajstić information content (AvgIpc) is 3.37. The fourth-order valence-electron chi connectivity index (χ4n) is 5.69. The van der Waals surface area contributed by atoms with Crippen LogP contribution in [0.1, 0.15) is 24.2 Å². The predicted octanol–water partition coefficient (Wildman–Crippen LogP) is 3.78. The molecule has 2 N–H and O–H groups in total. The molecule has 6 heteroatoms. The van der Waals surface area contributed by atoms with Gasteiger partial charge in [0.25, 0.3) is 5.56 Å². The van der Waals surface area contributed by atoms with Crippen LogP contribution in [0.2, 0.25) is 0 Å². The van der Waals surface area contributed by atoms with Gasteiger partial charge in [0, 0.05) is 41.9 Å². The molecule has 34 heavy (non-hydrogen) atoms. The largest absolute Gasteiger partial charge is 0.396 e. The summed E-state index contributed by atoms with van der Waals surface area (Å²) in [5.74, 6) is -0.398. The zero-order chi connectivity index (χ0) is 23.8. The van der Waals surface area contributed by atoms with Gasteiger partial charge in [-0.05, 0) is 49.4 Å². The fourth-order valence-corrected chi connectivity index (χ4v) is 5.69. The number of aliphatic hydroxyl groups excluding tert-OH is 1. The van der Waals surface area contributed by atoms with E-state index in [0.717, 1.165) is 22.5 Å². The number of allylic oxidation sites excluding steroid dienone is 1. The van der Waals surface area contributed by atoms with Gasteiger partial charge in [0.2, 0.25) is 5.91 Å². The number of nitrogens with zero attached hydrogens (tertiary/aromatic N) is 2. The Labute approximate surface area is 199 Å². The molecule has 0 saturated carbocycles. The lowest BCUT2D eigenvalue weighted by Crippen LogP contribution is -2.44. The van der Waals surface area contributed by atoms with Crippen molar-refractivity contribution in [1.29, 1.82) is 0 Å². The third-order valence-electron chi connectivity index (χ3n) is 7.26. The molecule has 0 aliphatic carbocycles. The Kier molecular flexibility index (Phi) is 5.94. The zero-order valence-electron chi connectivity index (χ0n) is 19.4. The number of hydrogen-bond donors (Lipinski definition) is 2. The number of carbonyl (C=O) groups excluding carboxylic acids is 1. The van der Waals surface area contributed by atoms with E-state index in [9.17, 15) is 14.7 Å². The minimum atomic E-state index is -0.479. The molecule has 0 radical (unpaired) electrons. The topological polar surface area (TPSA) is 74.6 Å². The third-order valence-corrected chi connectivity index (χ3v) is 7.26. The Morgan fingerprint density at radius 2 is 1.76 bits per heavy atom. The van der Waals surface area contributed by atoms with Crippen LogP contribution < -0.4 is 10.9 Å². The van der Waals surface area contributed by atoms with Crippen molar-refractivity contribution in [2.24, 2.45) is 11.8 Å². The van der Waals surface area contributed by atoms with Gasteiger partial charge < -0.3 is 15.0 Å². The first-order chi connectivity index (χ1) is 16.5. The van der Waals surface area contributed by atoms with Crippen molar-refractivity contribution in [3.63, 3.8) is 0 Å². The van der Waals surface area contributed by atoms with E-state index in [1.807, 2.05) is 85.6 Å². The second-order valence-corrected chi connectivity index (χ2v) is 9.13. The minimum Gasteiger partial charge on any atom is -0.396 e. The van der Waals surface area contributed by atoms with Crippen molar-refractivity contribution < 1.29 is 9.90 Å². The molecular weight excluding hydrogens is 426 g/mol. The van der Waals surface area contributed by atoms with Gasteiger partial charge in [0.15, 0.2) is 0 Å². The number of rotatable bonds is 5. The van der Waals surface area contributed by atoms with E-state index in [-0.39, 0.29) is 36.0 Å². The maximum absolute atomic E-state index is 13.4. The smallest absolute Gasteiger partial charge is 0.258 e. The van der Waals surface area contributed by atoms with E-state index in [1.165, 1.54) is 0 Å². The Hall–Kier alpha value is -3.48. The molecule has 0 unspecified atom stereocenters. The van der Waals surface area contributed by atoms with E-state index in [2.05, 4.69) is 17.4 Å². The summed E-state index contributed by atoms with van der Waals surface area (Å²) in [6, 6.07) is 21.2. The van der Waals surface area contributed by atoms with Gasteiger partial charge in [-0.25, -0.2) is 0 Å². The highest BCUT2D eigenvalue weighted by Gasteiger charge is 2.54. The molecule has 1 fully saturated rings. The first-order valence-corrected chi connectivity index (χ1v) is 11.7. The highest BCUT2D eigenvalue weighted by molar-refractivity contribution is 5.95. The van der Waals surface area contributed by atoms with Gasteiger partial charge in [-0.3, -0.25) is 14.5 Å². The van der Waals surface area contributed by atoms with Crippen LogP contribution in [-0.4, -0.2) is 40.2 Å². The van der Waals surface area contributed by atoms with Gasteiger partial charge in [0.1, 0.15) is 0 Å². The summed E-state index contributed by atoms with van der Waals surface area (Å²) in [5.41, 5.74) is 4.47. The lowest BCUT2D eigenvalue weighted by Gasteiger charge is -2.27. The van der Waals surface area contributed by atoms with E-state index in [0.29, 0.717) is 12.1 Å². The van der Waals surface area contributed by atoms with Crippen LogP contribution >= 0.6 is 0 Å². The molecule has 5 rings (SSSR count). The summed E-state index contributed by atoms with van der Waals surface area (Å²) >= 11 is 0. The number of amides is 1. The fraction of sp³-hybridized carbons (Fsp3) is 0.286. The molecule has 174 valence electrons. The zero-order valence-corrected chi connectivity index (χ0v) is 19.4. The van der Waals surface area contributed by atoms with Crippen LogP contribution in [0, 0.1) is 11.8 Å². The molecule has 0 spiro atoms. The Morgan fingerprint density at radius 1 is 1.06 bits per heavy atom. The number of likely N-dealkylation sites (tertiary alicyclic amines) is 1. The Balaban J connectivity index is 1.37. The first-order valence-electron chi connectivity index (χ1n) is 11.7. The molecule has 2 aliphatic heterocycles. The normalized spacial score (nSPS) is 23.7. The molecule has 1 amide bonds. The van der Waals surface area contributed by atoms with Crippen LogP contribution in [0.4, 0.5) is 5.69 Å². The van der Waals surface area contributed by atoms with E-state index in [4.69, 9.17) is 0 Å². The summed E-state index contributed by atoms with van der Waals surface area (Å²) in [5, 5.41) is 13.3. The molecule has 1 aromatic heterocycles. The first kappa shape index (κ1) is 22.3. The van der Waals surface area contributed by atoms with Crippen molar-refractivity contribution in [3.05, 3.63) is 94.4 Å². The van der Waals surface area contributed by atoms with Crippen molar-refractivity contribution in [3.8, 4) is 11.1 Å². The van der Waals surface area contributed by atoms with Crippen LogP contribution in [0.5, 0.6) is 0 Å².